The van der Waals surface area contributed by atoms with Gasteiger partial charge in [0.15, 0.2) is 18.9 Å². The summed E-state index contributed by atoms with van der Waals surface area (Å²) in [6, 6.07) is 99.5. The number of ether oxygens (including phenoxy) is 16. The van der Waals surface area contributed by atoms with Gasteiger partial charge in [-0.3, -0.25) is 0 Å². The Balaban J connectivity index is 0.916. The van der Waals surface area contributed by atoms with Crippen molar-refractivity contribution in [3.63, 3.8) is 0 Å². The molecule has 107 heavy (non-hydrogen) atoms. The molecule has 10 aromatic rings. The molecule has 16 nitrogen and oxygen atoms in total. The molecule has 2 saturated heterocycles. The molecule has 3 aliphatic heterocycles. The fraction of sp³-hybridized carbons (Fsp3) is 0.311. The normalized spacial score (nSPS) is 23.8. The number of halogens is 1. The molecule has 3 aliphatic rings. The molecule has 0 bridgehead atoms. The molecule has 13 rings (SSSR count). The SMILES string of the molecule is CO[C@H]1O[C@H](CO[C@H]2O[C@H](COCc3ccccc3)[C@@H](O[C@@H]3O[C@H](COCc4ccccc4)[C@H](OCc4ccccc4)[C@H](OCc4ccccc4)[C@H]3OCc3ccccc3)[C@H](OCc3ccccc3)C(OCc3ccccc3)=C2Cl)[C@@H](OCc2ccccc2)[C@H](OCc2ccccc2)[C@H]1OCc1ccccc1. The largest absolute Gasteiger partial charge is 0.489 e. The third-order valence-electron chi connectivity index (χ3n) is 18.8. The quantitative estimate of drug-likeness (QED) is 0.0361. The van der Waals surface area contributed by atoms with Crippen LogP contribution in [-0.4, -0.2) is 113 Å². The molecule has 17 heteroatoms. The van der Waals surface area contributed by atoms with Crippen molar-refractivity contribution in [1.29, 1.82) is 0 Å². The lowest BCUT2D eigenvalue weighted by molar-refractivity contribution is -0.351. The lowest BCUT2D eigenvalue weighted by Gasteiger charge is -2.47. The number of hydrogen-bond donors (Lipinski definition) is 0. The van der Waals surface area contributed by atoms with E-state index in [-0.39, 0.29) is 96.7 Å². The fourth-order valence-corrected chi connectivity index (χ4v) is 13.5. The molecule has 0 saturated carbocycles. The summed E-state index contributed by atoms with van der Waals surface area (Å²) < 4.78 is 114. The summed E-state index contributed by atoms with van der Waals surface area (Å²) in [6.45, 7) is 1.52. The van der Waals surface area contributed by atoms with Gasteiger partial charge in [0.2, 0.25) is 0 Å². The third kappa shape index (κ3) is 22.5. The topological polar surface area (TPSA) is 148 Å². The van der Waals surface area contributed by atoms with Crippen molar-refractivity contribution in [2.45, 2.75) is 152 Å². The first-order chi connectivity index (χ1) is 52.9. The maximum Gasteiger partial charge on any atom is 0.198 e. The second-order valence-corrected chi connectivity index (χ2v) is 26.9. The van der Waals surface area contributed by atoms with Crippen LogP contribution in [0.4, 0.5) is 0 Å². The Morgan fingerprint density at radius 1 is 0.262 bits per heavy atom. The van der Waals surface area contributed by atoms with E-state index < -0.39 is 86.0 Å². The molecule has 0 radical (unpaired) electrons. The van der Waals surface area contributed by atoms with Gasteiger partial charge in [0.1, 0.15) is 84.5 Å². The first-order valence-corrected chi connectivity index (χ1v) is 37.0. The molecule has 0 unspecified atom stereocenters. The zero-order chi connectivity index (χ0) is 72.9. The number of hydrogen-bond acceptors (Lipinski definition) is 16. The first kappa shape index (κ1) is 76.6. The molecule has 2 fully saturated rings. The molecule has 0 amide bonds. The van der Waals surface area contributed by atoms with Crippen LogP contribution in [-0.2, 0) is 142 Å². The molecule has 3 heterocycles. The fourth-order valence-electron chi connectivity index (χ4n) is 13.2. The summed E-state index contributed by atoms with van der Waals surface area (Å²) in [5.74, 6) is 0.169. The van der Waals surface area contributed by atoms with Gasteiger partial charge in [-0.1, -0.05) is 315 Å². The summed E-state index contributed by atoms with van der Waals surface area (Å²) in [5, 5.41) is 0.0343. The van der Waals surface area contributed by atoms with Crippen molar-refractivity contribution < 1.29 is 75.8 Å². The van der Waals surface area contributed by atoms with E-state index in [4.69, 9.17) is 87.4 Å². The van der Waals surface area contributed by atoms with Crippen LogP contribution in [0.3, 0.4) is 0 Å². The Kier molecular flexibility index (Phi) is 29.4. The van der Waals surface area contributed by atoms with Crippen LogP contribution >= 0.6 is 11.6 Å². The first-order valence-electron chi connectivity index (χ1n) is 36.6. The van der Waals surface area contributed by atoms with Crippen LogP contribution in [0, 0.1) is 0 Å². The minimum atomic E-state index is -1.42. The standard InChI is InChI=1S/C90H93ClO16/c1-92-89-86(101-60-73-48-28-10-29-49-73)83(98-57-70-42-22-7-23-43-70)80(96-55-68-38-18-5-19-39-68)77(105-89)64-103-88-78(91)82(97-56-69-40-20-6-21-41-69)85(100-59-72-46-26-9-27-47-72)81(76(104-88)63-94-53-66-34-14-3-15-35-66)107-90-87(102-61-74-50-30-11-31-51-74)84(99-58-71-44-24-8-25-45-71)79(95-54-67-36-16-4-17-37-67)75(106-90)62-93-52-65-32-12-2-13-33-65/h2-51,75-77,79-81,83-90H,52-64H2,1H3/t75-,76-,77-,79+,80-,81-,83+,84+,85+,86-,87-,88+,89+,90+/m1/s1. The van der Waals surface area contributed by atoms with E-state index in [1.165, 1.54) is 0 Å². The van der Waals surface area contributed by atoms with E-state index in [0.29, 0.717) is 0 Å². The molecule has 10 aromatic carbocycles. The lowest BCUT2D eigenvalue weighted by Crippen LogP contribution is -2.63. The van der Waals surface area contributed by atoms with Crippen LogP contribution in [0.15, 0.2) is 314 Å². The predicted octanol–water partition coefficient (Wildman–Crippen LogP) is 16.4. The minimum absolute atomic E-state index is 0.0343. The Bertz CT molecular complexity index is 4130. The highest BCUT2D eigenvalue weighted by Crippen LogP contribution is 2.40. The lowest BCUT2D eigenvalue weighted by atomic mass is 9.97. The monoisotopic (exact) mass is 1460 g/mol. The van der Waals surface area contributed by atoms with Crippen molar-refractivity contribution in [2.24, 2.45) is 0 Å². The average Bonchev–Trinajstić information content (AvgIpc) is 1.40. The summed E-state index contributed by atoms with van der Waals surface area (Å²) in [7, 11) is 1.59. The van der Waals surface area contributed by atoms with Gasteiger partial charge in [0.25, 0.3) is 0 Å². The number of benzene rings is 10. The van der Waals surface area contributed by atoms with Gasteiger partial charge in [0.05, 0.1) is 79.3 Å². The zero-order valence-corrected chi connectivity index (χ0v) is 60.8. The van der Waals surface area contributed by atoms with Crippen LogP contribution in [0.5, 0.6) is 0 Å². The van der Waals surface area contributed by atoms with Gasteiger partial charge in [-0.05, 0) is 55.6 Å². The molecule has 0 aliphatic carbocycles. The number of rotatable bonds is 38. The third-order valence-corrected chi connectivity index (χ3v) is 19.2. The van der Waals surface area contributed by atoms with Gasteiger partial charge in [0, 0.05) is 7.11 Å². The summed E-state index contributed by atoms with van der Waals surface area (Å²) >= 11 is 8.10. The van der Waals surface area contributed by atoms with E-state index in [1.807, 2.05) is 303 Å². The average molecular weight is 1470 g/mol. The van der Waals surface area contributed by atoms with Crippen molar-refractivity contribution in [3.05, 3.63) is 370 Å². The second kappa shape index (κ2) is 41.1. The van der Waals surface area contributed by atoms with Gasteiger partial charge < -0.3 is 75.8 Å². The van der Waals surface area contributed by atoms with Crippen LogP contribution in [0.25, 0.3) is 0 Å². The summed E-state index contributed by atoms with van der Waals surface area (Å²) in [6.07, 6.45) is -14.1. The summed E-state index contributed by atoms with van der Waals surface area (Å²) in [5.41, 5.74) is 9.23. The van der Waals surface area contributed by atoms with Crippen molar-refractivity contribution in [3.8, 4) is 0 Å². The van der Waals surface area contributed by atoms with E-state index in [1.54, 1.807) is 7.11 Å². The summed E-state index contributed by atoms with van der Waals surface area (Å²) in [4.78, 5) is 0. The van der Waals surface area contributed by atoms with E-state index in [2.05, 4.69) is 0 Å². The number of methoxy groups -OCH3 is 1. The highest BCUT2D eigenvalue weighted by molar-refractivity contribution is 6.30. The highest BCUT2D eigenvalue weighted by Gasteiger charge is 2.54. The van der Waals surface area contributed by atoms with E-state index in [0.717, 1.165) is 55.6 Å². The van der Waals surface area contributed by atoms with Gasteiger partial charge in [-0.15, -0.1) is 0 Å². The molecule has 556 valence electrons. The Labute approximate surface area is 632 Å². The van der Waals surface area contributed by atoms with Crippen molar-refractivity contribution in [1.82, 2.24) is 0 Å². The second-order valence-electron chi connectivity index (χ2n) is 26.5. The molecular weight excluding hydrogens is 1370 g/mol. The van der Waals surface area contributed by atoms with Crippen molar-refractivity contribution in [2.75, 3.05) is 26.9 Å². The predicted molar refractivity (Wildman–Crippen MR) is 405 cm³/mol. The molecule has 0 spiro atoms. The Morgan fingerprint density at radius 3 is 0.879 bits per heavy atom. The highest BCUT2D eigenvalue weighted by atomic mass is 35.5. The maximum absolute atomic E-state index is 8.10. The molecular formula is C90H93ClO16. The van der Waals surface area contributed by atoms with E-state index in [9.17, 15) is 0 Å². The van der Waals surface area contributed by atoms with Crippen LogP contribution in [0.2, 0.25) is 0 Å². The van der Waals surface area contributed by atoms with Crippen LogP contribution < -0.4 is 0 Å². The van der Waals surface area contributed by atoms with Crippen LogP contribution in [0.1, 0.15) is 55.6 Å². The van der Waals surface area contributed by atoms with Gasteiger partial charge in [-0.25, -0.2) is 0 Å². The molecule has 0 N–H and O–H groups in total. The van der Waals surface area contributed by atoms with Gasteiger partial charge >= 0.3 is 0 Å². The smallest absolute Gasteiger partial charge is 0.198 e. The Hall–Kier alpha value is -8.57. The minimum Gasteiger partial charge on any atom is -0.489 e. The molecule has 14 atom stereocenters. The molecule has 0 aromatic heterocycles. The van der Waals surface area contributed by atoms with Crippen molar-refractivity contribution >= 4 is 11.6 Å². The zero-order valence-electron chi connectivity index (χ0n) is 60.1. The Morgan fingerprint density at radius 2 is 0.533 bits per heavy atom. The van der Waals surface area contributed by atoms with Gasteiger partial charge in [-0.2, -0.15) is 0 Å². The van der Waals surface area contributed by atoms with E-state index >= 15 is 0 Å². The maximum atomic E-state index is 8.10.